The van der Waals surface area contributed by atoms with Crippen LogP contribution in [0.4, 0.5) is 5.69 Å². The summed E-state index contributed by atoms with van der Waals surface area (Å²) < 4.78 is 1.31. The van der Waals surface area contributed by atoms with Crippen molar-refractivity contribution in [1.82, 2.24) is 25.0 Å². The lowest BCUT2D eigenvalue weighted by atomic mass is 10.4. The van der Waals surface area contributed by atoms with E-state index < -0.39 is 0 Å². The summed E-state index contributed by atoms with van der Waals surface area (Å²) in [5.74, 6) is 0.772. The van der Waals surface area contributed by atoms with Crippen LogP contribution in [0.1, 0.15) is 12.7 Å². The van der Waals surface area contributed by atoms with E-state index in [2.05, 4.69) is 25.6 Å². The van der Waals surface area contributed by atoms with E-state index >= 15 is 0 Å². The predicted octanol–water partition coefficient (Wildman–Crippen LogP) is 0.689. The molecule has 0 aromatic carbocycles. The molecule has 0 fully saturated rings. The van der Waals surface area contributed by atoms with Crippen molar-refractivity contribution in [3.63, 3.8) is 0 Å². The Morgan fingerprint density at radius 3 is 3.06 bits per heavy atom. The number of nitrogens with zero attached hydrogens (tertiary/aromatic N) is 4. The Morgan fingerprint density at radius 2 is 2.39 bits per heavy atom. The van der Waals surface area contributed by atoms with Gasteiger partial charge in [-0.15, -0.1) is 0 Å². The number of rotatable bonds is 5. The van der Waals surface area contributed by atoms with Crippen LogP contribution >= 0.6 is 11.6 Å². The average Bonchev–Trinajstić information content (AvgIpc) is 2.88. The highest BCUT2D eigenvalue weighted by Crippen LogP contribution is 2.14. The molecule has 2 aromatic heterocycles. The maximum atomic E-state index is 11.7. The molecule has 8 heteroatoms. The molecule has 0 aliphatic heterocycles. The van der Waals surface area contributed by atoms with Gasteiger partial charge in [0.2, 0.25) is 0 Å². The molecule has 0 aliphatic rings. The number of H-pyrrole nitrogens is 1. The summed E-state index contributed by atoms with van der Waals surface area (Å²) in [5.41, 5.74) is 0.245. The van der Waals surface area contributed by atoms with Gasteiger partial charge in [-0.05, 0) is 6.92 Å². The summed E-state index contributed by atoms with van der Waals surface area (Å²) in [4.78, 5) is 15.7. The summed E-state index contributed by atoms with van der Waals surface area (Å²) in [6.45, 7) is 2.92. The highest BCUT2D eigenvalue weighted by atomic mass is 35.5. The third-order valence-electron chi connectivity index (χ3n) is 2.43. The molecule has 0 aliphatic carbocycles. The van der Waals surface area contributed by atoms with Crippen LogP contribution in [0.2, 0.25) is 5.02 Å². The summed E-state index contributed by atoms with van der Waals surface area (Å²) in [7, 11) is 0. The first-order valence-corrected chi connectivity index (χ1v) is 5.94. The van der Waals surface area contributed by atoms with E-state index in [1.54, 1.807) is 6.20 Å². The molecule has 2 heterocycles. The van der Waals surface area contributed by atoms with Gasteiger partial charge in [0.25, 0.3) is 5.56 Å². The number of hydrogen-bond acceptors (Lipinski definition) is 5. The number of aromatic nitrogens is 5. The van der Waals surface area contributed by atoms with E-state index in [1.165, 1.54) is 11.0 Å². The van der Waals surface area contributed by atoms with E-state index in [-0.39, 0.29) is 10.6 Å². The van der Waals surface area contributed by atoms with Gasteiger partial charge >= 0.3 is 0 Å². The van der Waals surface area contributed by atoms with Crippen LogP contribution in [-0.2, 0) is 13.0 Å². The zero-order valence-corrected chi connectivity index (χ0v) is 10.6. The fourth-order valence-electron chi connectivity index (χ4n) is 1.48. The molecule has 18 heavy (non-hydrogen) atoms. The molecule has 2 N–H and O–H groups in total. The minimum absolute atomic E-state index is 0.157. The normalized spacial score (nSPS) is 10.6. The Hall–Kier alpha value is -1.89. The molecule has 0 unspecified atom stereocenters. The zero-order chi connectivity index (χ0) is 13.0. The topological polar surface area (TPSA) is 88.5 Å². The quantitative estimate of drug-likeness (QED) is 0.833. The van der Waals surface area contributed by atoms with Gasteiger partial charge in [-0.2, -0.15) is 10.2 Å². The fraction of sp³-hybridized carbons (Fsp3) is 0.400. The minimum Gasteiger partial charge on any atom is -0.382 e. The monoisotopic (exact) mass is 268 g/mol. The first kappa shape index (κ1) is 12.6. The van der Waals surface area contributed by atoms with E-state index in [0.29, 0.717) is 25.2 Å². The smallest absolute Gasteiger partial charge is 0.287 e. The lowest BCUT2D eigenvalue weighted by Crippen LogP contribution is -2.23. The van der Waals surface area contributed by atoms with Crippen molar-refractivity contribution in [2.45, 2.75) is 19.9 Å². The molecular weight excluding hydrogens is 256 g/mol. The largest absolute Gasteiger partial charge is 0.382 e. The van der Waals surface area contributed by atoms with Crippen LogP contribution in [0.3, 0.4) is 0 Å². The molecule has 0 amide bonds. The van der Waals surface area contributed by atoms with Crippen LogP contribution in [0.15, 0.2) is 17.3 Å². The van der Waals surface area contributed by atoms with Crippen molar-refractivity contribution in [3.8, 4) is 0 Å². The van der Waals surface area contributed by atoms with Crippen LogP contribution in [0.25, 0.3) is 0 Å². The number of aryl methyl sites for hydroxylation is 1. The van der Waals surface area contributed by atoms with Gasteiger partial charge in [-0.3, -0.25) is 9.89 Å². The molecule has 2 rings (SSSR count). The second kappa shape index (κ2) is 5.63. The highest BCUT2D eigenvalue weighted by Gasteiger charge is 2.07. The highest BCUT2D eigenvalue weighted by molar-refractivity contribution is 6.32. The van der Waals surface area contributed by atoms with Gasteiger partial charge in [0, 0.05) is 19.5 Å². The Kier molecular flexibility index (Phi) is 3.93. The Bertz CT molecular complexity index is 564. The number of aromatic amines is 1. The maximum absolute atomic E-state index is 11.7. The van der Waals surface area contributed by atoms with E-state index in [1.807, 2.05) is 6.92 Å². The van der Waals surface area contributed by atoms with Gasteiger partial charge in [-0.25, -0.2) is 9.67 Å². The van der Waals surface area contributed by atoms with Crippen molar-refractivity contribution in [2.75, 3.05) is 11.9 Å². The van der Waals surface area contributed by atoms with Gasteiger partial charge in [0.05, 0.1) is 11.9 Å². The molecular formula is C10H13ClN6O. The maximum Gasteiger partial charge on any atom is 0.287 e. The standard InChI is InChI=1S/C10H13ClN6O/c1-2-17-10(18)9(11)7(5-15-17)12-4-3-8-13-6-14-16-8/h5-6,12H,2-4H2,1H3,(H,13,14,16). The lowest BCUT2D eigenvalue weighted by Gasteiger charge is -2.08. The number of hydrogen-bond donors (Lipinski definition) is 2. The predicted molar refractivity (Wildman–Crippen MR) is 67.8 cm³/mol. The SMILES string of the molecule is CCn1ncc(NCCc2ncn[nH]2)c(Cl)c1=O. The first-order chi connectivity index (χ1) is 8.72. The van der Waals surface area contributed by atoms with Crippen molar-refractivity contribution in [1.29, 1.82) is 0 Å². The molecule has 0 bridgehead atoms. The third-order valence-corrected chi connectivity index (χ3v) is 2.79. The minimum atomic E-state index is -0.288. The van der Waals surface area contributed by atoms with E-state index in [9.17, 15) is 4.79 Å². The van der Waals surface area contributed by atoms with Crippen molar-refractivity contribution < 1.29 is 0 Å². The van der Waals surface area contributed by atoms with Gasteiger partial charge in [-0.1, -0.05) is 11.6 Å². The van der Waals surface area contributed by atoms with Crippen molar-refractivity contribution in [3.05, 3.63) is 33.7 Å². The summed E-state index contributed by atoms with van der Waals surface area (Å²) in [5, 5.41) is 13.7. The summed E-state index contributed by atoms with van der Waals surface area (Å²) in [6, 6.07) is 0. The van der Waals surface area contributed by atoms with Crippen molar-refractivity contribution in [2.24, 2.45) is 0 Å². The van der Waals surface area contributed by atoms with E-state index in [4.69, 9.17) is 11.6 Å². The molecule has 0 spiro atoms. The lowest BCUT2D eigenvalue weighted by molar-refractivity contribution is 0.616. The fourth-order valence-corrected chi connectivity index (χ4v) is 1.69. The summed E-state index contributed by atoms with van der Waals surface area (Å²) >= 11 is 5.97. The Balaban J connectivity index is 2.02. The van der Waals surface area contributed by atoms with Gasteiger partial charge in [0.15, 0.2) is 0 Å². The van der Waals surface area contributed by atoms with Gasteiger partial charge < -0.3 is 5.32 Å². The molecule has 0 saturated heterocycles. The number of nitrogens with one attached hydrogen (secondary N) is 2. The summed E-state index contributed by atoms with van der Waals surface area (Å²) in [6.07, 6.45) is 3.66. The van der Waals surface area contributed by atoms with E-state index in [0.717, 1.165) is 5.82 Å². The second-order valence-corrected chi connectivity index (χ2v) is 3.98. The molecule has 7 nitrogen and oxygen atoms in total. The van der Waals surface area contributed by atoms with Crippen LogP contribution in [0.5, 0.6) is 0 Å². The van der Waals surface area contributed by atoms with Crippen LogP contribution < -0.4 is 10.9 Å². The molecule has 96 valence electrons. The Morgan fingerprint density at radius 1 is 1.56 bits per heavy atom. The van der Waals surface area contributed by atoms with Crippen LogP contribution in [-0.4, -0.2) is 31.5 Å². The number of halogens is 1. The second-order valence-electron chi connectivity index (χ2n) is 3.60. The van der Waals surface area contributed by atoms with Crippen molar-refractivity contribution >= 4 is 17.3 Å². The molecule has 0 radical (unpaired) electrons. The van der Waals surface area contributed by atoms with Crippen LogP contribution in [0, 0.1) is 0 Å². The third kappa shape index (κ3) is 2.67. The molecule has 0 atom stereocenters. The molecule has 0 saturated carbocycles. The molecule has 2 aromatic rings. The zero-order valence-electron chi connectivity index (χ0n) is 9.85. The first-order valence-electron chi connectivity index (χ1n) is 5.56. The number of anilines is 1. The Labute approximate surface area is 108 Å². The average molecular weight is 269 g/mol. The van der Waals surface area contributed by atoms with Gasteiger partial charge in [0.1, 0.15) is 17.2 Å².